The molecule has 0 radical (unpaired) electrons. The molecule has 0 aliphatic heterocycles. The Morgan fingerprint density at radius 1 is 1.31 bits per heavy atom. The van der Waals surface area contributed by atoms with Gasteiger partial charge in [-0.1, -0.05) is 0 Å². The first-order valence-electron chi connectivity index (χ1n) is 5.23. The Morgan fingerprint density at radius 3 is 2.81 bits per heavy atom. The molecule has 0 spiro atoms. The first-order valence-corrected chi connectivity index (χ1v) is 5.23. The summed E-state index contributed by atoms with van der Waals surface area (Å²) in [6.07, 6.45) is 5.31. The van der Waals surface area contributed by atoms with Gasteiger partial charge in [0.25, 0.3) is 0 Å². The number of hydrogen-bond donors (Lipinski definition) is 2. The molecule has 0 saturated heterocycles. The van der Waals surface area contributed by atoms with E-state index in [1.54, 1.807) is 12.4 Å². The maximum atomic E-state index is 4.41. The highest BCUT2D eigenvalue weighted by atomic mass is 15.1. The van der Waals surface area contributed by atoms with Gasteiger partial charge in [-0.05, 0) is 20.8 Å². The third kappa shape index (κ3) is 2.18. The van der Waals surface area contributed by atoms with Gasteiger partial charge in [0.1, 0.15) is 11.6 Å². The highest BCUT2D eigenvalue weighted by molar-refractivity contribution is 5.41. The van der Waals surface area contributed by atoms with Gasteiger partial charge in [0.15, 0.2) is 0 Å². The number of rotatable bonds is 3. The van der Waals surface area contributed by atoms with E-state index in [1.807, 2.05) is 27.0 Å². The number of H-pyrrole nitrogens is 1. The number of nitrogens with zero attached hydrogens (tertiary/aromatic N) is 3. The fourth-order valence-corrected chi connectivity index (χ4v) is 1.46. The van der Waals surface area contributed by atoms with Crippen LogP contribution < -0.4 is 5.32 Å². The van der Waals surface area contributed by atoms with Crippen LogP contribution in [0.1, 0.15) is 30.2 Å². The lowest BCUT2D eigenvalue weighted by Gasteiger charge is -2.13. The van der Waals surface area contributed by atoms with Crippen LogP contribution in [0.4, 0.5) is 5.82 Å². The summed E-state index contributed by atoms with van der Waals surface area (Å²) < 4.78 is 0. The molecular weight excluding hydrogens is 202 g/mol. The molecule has 0 aliphatic carbocycles. The molecule has 0 saturated carbocycles. The zero-order chi connectivity index (χ0) is 11.5. The zero-order valence-electron chi connectivity index (χ0n) is 9.65. The Bertz CT molecular complexity index is 463. The highest BCUT2D eigenvalue weighted by Gasteiger charge is 2.10. The molecule has 0 aromatic carbocycles. The number of hydrogen-bond acceptors (Lipinski definition) is 4. The molecule has 0 fully saturated rings. The van der Waals surface area contributed by atoms with Crippen molar-refractivity contribution in [2.24, 2.45) is 0 Å². The molecule has 2 heterocycles. The molecule has 1 atom stereocenters. The van der Waals surface area contributed by atoms with E-state index in [-0.39, 0.29) is 6.04 Å². The molecule has 5 nitrogen and oxygen atoms in total. The minimum Gasteiger partial charge on any atom is -0.359 e. The smallest absolute Gasteiger partial charge is 0.148 e. The molecule has 16 heavy (non-hydrogen) atoms. The summed E-state index contributed by atoms with van der Waals surface area (Å²) >= 11 is 0. The van der Waals surface area contributed by atoms with Crippen LogP contribution in [0.2, 0.25) is 0 Å². The lowest BCUT2D eigenvalue weighted by atomic mass is 10.3. The average Bonchev–Trinajstić information content (AvgIpc) is 2.76. The third-order valence-electron chi connectivity index (χ3n) is 2.36. The van der Waals surface area contributed by atoms with Crippen molar-refractivity contribution in [3.8, 4) is 0 Å². The summed E-state index contributed by atoms with van der Waals surface area (Å²) in [6.45, 7) is 5.89. The van der Waals surface area contributed by atoms with E-state index in [0.717, 1.165) is 23.0 Å². The first kappa shape index (κ1) is 10.6. The maximum Gasteiger partial charge on any atom is 0.148 e. The first-order chi connectivity index (χ1) is 7.66. The molecule has 0 amide bonds. The summed E-state index contributed by atoms with van der Waals surface area (Å²) in [4.78, 5) is 15.9. The monoisotopic (exact) mass is 217 g/mol. The van der Waals surface area contributed by atoms with Crippen LogP contribution in [0, 0.1) is 13.8 Å². The van der Waals surface area contributed by atoms with E-state index in [2.05, 4.69) is 25.3 Å². The minimum absolute atomic E-state index is 0.0878. The standard InChI is InChI=1S/C11H15N5/c1-7-6-14-8(2)11(15-7)16-9(3)10-12-4-5-13-10/h4-6,9H,1-3H3,(H,12,13)(H,15,16). The molecule has 84 valence electrons. The quantitative estimate of drug-likeness (QED) is 0.825. The van der Waals surface area contributed by atoms with E-state index < -0.39 is 0 Å². The maximum absolute atomic E-state index is 4.41. The normalized spacial score (nSPS) is 12.4. The predicted molar refractivity (Wildman–Crippen MR) is 62.1 cm³/mol. The lowest BCUT2D eigenvalue weighted by Crippen LogP contribution is -2.11. The Hall–Kier alpha value is -1.91. The van der Waals surface area contributed by atoms with Gasteiger partial charge in [-0.25, -0.2) is 9.97 Å². The number of nitrogens with one attached hydrogen (secondary N) is 2. The molecule has 2 aromatic heterocycles. The molecule has 5 heteroatoms. The second-order valence-corrected chi connectivity index (χ2v) is 3.79. The minimum atomic E-state index is 0.0878. The van der Waals surface area contributed by atoms with Crippen molar-refractivity contribution in [2.75, 3.05) is 5.32 Å². The van der Waals surface area contributed by atoms with Crippen LogP contribution in [0.15, 0.2) is 18.6 Å². The van der Waals surface area contributed by atoms with Crippen LogP contribution in [0.3, 0.4) is 0 Å². The topological polar surface area (TPSA) is 66.5 Å². The molecule has 0 bridgehead atoms. The van der Waals surface area contributed by atoms with Gasteiger partial charge in [-0.3, -0.25) is 4.98 Å². The van der Waals surface area contributed by atoms with Gasteiger partial charge >= 0.3 is 0 Å². The SMILES string of the molecule is Cc1cnc(C)c(NC(C)c2ncc[nH]2)n1. The summed E-state index contributed by atoms with van der Waals surface area (Å²) in [7, 11) is 0. The molecule has 2 N–H and O–H groups in total. The third-order valence-corrected chi connectivity index (χ3v) is 2.36. The number of aromatic nitrogens is 4. The van der Waals surface area contributed by atoms with Crippen LogP contribution >= 0.6 is 0 Å². The fourth-order valence-electron chi connectivity index (χ4n) is 1.46. The van der Waals surface area contributed by atoms with E-state index in [9.17, 15) is 0 Å². The van der Waals surface area contributed by atoms with Crippen LogP contribution in [0.25, 0.3) is 0 Å². The Balaban J connectivity index is 2.17. The predicted octanol–water partition coefficient (Wildman–Crippen LogP) is 1.99. The van der Waals surface area contributed by atoms with E-state index in [4.69, 9.17) is 0 Å². The van der Waals surface area contributed by atoms with Crippen molar-refractivity contribution in [1.82, 2.24) is 19.9 Å². The van der Waals surface area contributed by atoms with Crippen molar-refractivity contribution < 1.29 is 0 Å². The Morgan fingerprint density at radius 2 is 2.12 bits per heavy atom. The number of aromatic amines is 1. The summed E-state index contributed by atoms with van der Waals surface area (Å²) in [5.74, 6) is 1.70. The van der Waals surface area contributed by atoms with Crippen molar-refractivity contribution in [2.45, 2.75) is 26.8 Å². The Kier molecular flexibility index (Phi) is 2.85. The van der Waals surface area contributed by atoms with Crippen molar-refractivity contribution in [3.63, 3.8) is 0 Å². The second-order valence-electron chi connectivity index (χ2n) is 3.79. The van der Waals surface area contributed by atoms with Crippen LogP contribution in [-0.2, 0) is 0 Å². The van der Waals surface area contributed by atoms with E-state index in [0.29, 0.717) is 0 Å². The van der Waals surface area contributed by atoms with Crippen LogP contribution in [-0.4, -0.2) is 19.9 Å². The number of anilines is 1. The Labute approximate surface area is 94.4 Å². The fraction of sp³-hybridized carbons (Fsp3) is 0.364. The zero-order valence-corrected chi connectivity index (χ0v) is 9.65. The average molecular weight is 217 g/mol. The van der Waals surface area contributed by atoms with E-state index in [1.165, 1.54) is 0 Å². The van der Waals surface area contributed by atoms with Gasteiger partial charge in [0.05, 0.1) is 17.4 Å². The lowest BCUT2D eigenvalue weighted by molar-refractivity contribution is 0.797. The molecule has 2 aromatic rings. The van der Waals surface area contributed by atoms with Crippen molar-refractivity contribution in [1.29, 1.82) is 0 Å². The number of imidazole rings is 1. The number of aryl methyl sites for hydroxylation is 2. The second kappa shape index (κ2) is 4.30. The molecular formula is C11H15N5. The summed E-state index contributed by atoms with van der Waals surface area (Å²) in [6, 6.07) is 0.0878. The van der Waals surface area contributed by atoms with Gasteiger partial charge in [-0.15, -0.1) is 0 Å². The van der Waals surface area contributed by atoms with Gasteiger partial charge in [-0.2, -0.15) is 0 Å². The molecule has 1 unspecified atom stereocenters. The van der Waals surface area contributed by atoms with Gasteiger partial charge in [0.2, 0.25) is 0 Å². The van der Waals surface area contributed by atoms with Gasteiger partial charge in [0, 0.05) is 18.6 Å². The highest BCUT2D eigenvalue weighted by Crippen LogP contribution is 2.16. The van der Waals surface area contributed by atoms with Crippen LogP contribution in [0.5, 0.6) is 0 Å². The van der Waals surface area contributed by atoms with E-state index >= 15 is 0 Å². The largest absolute Gasteiger partial charge is 0.359 e. The van der Waals surface area contributed by atoms with Crippen molar-refractivity contribution >= 4 is 5.82 Å². The van der Waals surface area contributed by atoms with Crippen molar-refractivity contribution in [3.05, 3.63) is 35.8 Å². The molecule has 2 rings (SSSR count). The summed E-state index contributed by atoms with van der Waals surface area (Å²) in [5.41, 5.74) is 1.80. The molecule has 0 aliphatic rings. The van der Waals surface area contributed by atoms with Gasteiger partial charge < -0.3 is 10.3 Å². The summed E-state index contributed by atoms with van der Waals surface area (Å²) in [5, 5.41) is 3.29.